The number of nitrogens with two attached hydrogens (primary N) is 1. The molecule has 3 rings (SSSR count). The molecule has 0 atom stereocenters. The molecule has 11 nitrogen and oxygen atoms in total. The monoisotopic (exact) mass is 362 g/mol. The molecule has 0 saturated carbocycles. The summed E-state index contributed by atoms with van der Waals surface area (Å²) in [4.78, 5) is 50.2. The van der Waals surface area contributed by atoms with Gasteiger partial charge in [0, 0.05) is 11.8 Å². The third-order valence-corrected chi connectivity index (χ3v) is 3.34. The third-order valence-electron chi connectivity index (χ3n) is 3.34. The molecule has 0 radical (unpaired) electrons. The number of carbonyl (C=O) groups excluding carboxylic acids is 2. The normalized spacial score (nSPS) is 12.3. The Labute approximate surface area is 145 Å². The Balaban J connectivity index is 1.62. The second-order valence-electron chi connectivity index (χ2n) is 5.18. The van der Waals surface area contributed by atoms with Gasteiger partial charge in [-0.2, -0.15) is 0 Å². The van der Waals surface area contributed by atoms with Gasteiger partial charge in [0.05, 0.1) is 0 Å². The molecule has 2 aromatic rings. The Kier molecular flexibility index (Phi) is 4.60. The first kappa shape index (κ1) is 17.1. The molecule has 0 bridgehead atoms. The van der Waals surface area contributed by atoms with Gasteiger partial charge >= 0.3 is 11.7 Å². The number of carbonyl (C=O) groups is 2. The van der Waals surface area contributed by atoms with E-state index in [1.165, 1.54) is 0 Å². The summed E-state index contributed by atoms with van der Waals surface area (Å²) in [5.41, 5.74) is 2.94. The van der Waals surface area contributed by atoms with Crippen molar-refractivity contribution in [1.29, 1.82) is 0 Å². The number of amides is 1. The van der Waals surface area contributed by atoms with Crippen molar-refractivity contribution >= 4 is 23.3 Å². The van der Waals surface area contributed by atoms with E-state index < -0.39 is 41.1 Å². The summed E-state index contributed by atoms with van der Waals surface area (Å²) < 4.78 is 15.5. The summed E-state index contributed by atoms with van der Waals surface area (Å²) in [6.45, 7) is 0.196. The quantitative estimate of drug-likeness (QED) is 0.514. The van der Waals surface area contributed by atoms with Crippen LogP contribution in [0, 0.1) is 0 Å². The fourth-order valence-corrected chi connectivity index (χ4v) is 2.18. The number of fused-ring (bicyclic) bond motifs is 1. The zero-order valence-corrected chi connectivity index (χ0v) is 13.3. The SMILES string of the molecule is Nc1c(C(=O)OCC(=O)Nc2ccc3c(c2)OCCO3)[nH]c(=O)[nH]c1=O. The number of anilines is 2. The molecule has 5 N–H and O–H groups in total. The van der Waals surface area contributed by atoms with Crippen LogP contribution in [0.15, 0.2) is 27.8 Å². The largest absolute Gasteiger partial charge is 0.486 e. The molecule has 26 heavy (non-hydrogen) atoms. The number of H-pyrrole nitrogens is 2. The number of benzene rings is 1. The lowest BCUT2D eigenvalue weighted by Gasteiger charge is -2.19. The highest BCUT2D eigenvalue weighted by Gasteiger charge is 2.18. The maximum Gasteiger partial charge on any atom is 0.357 e. The second-order valence-corrected chi connectivity index (χ2v) is 5.18. The van der Waals surface area contributed by atoms with Crippen LogP contribution in [0.5, 0.6) is 11.5 Å². The maximum absolute atomic E-state index is 11.9. The van der Waals surface area contributed by atoms with Gasteiger partial charge in [-0.05, 0) is 12.1 Å². The highest BCUT2D eigenvalue weighted by molar-refractivity contribution is 5.96. The molecule has 1 aromatic carbocycles. The smallest absolute Gasteiger partial charge is 0.357 e. The molecule has 1 amide bonds. The van der Waals surface area contributed by atoms with Crippen LogP contribution < -0.4 is 31.8 Å². The van der Waals surface area contributed by atoms with Crippen molar-refractivity contribution in [1.82, 2.24) is 9.97 Å². The molecular formula is C15H14N4O7. The van der Waals surface area contributed by atoms with Crippen molar-refractivity contribution in [3.05, 3.63) is 44.7 Å². The minimum Gasteiger partial charge on any atom is -0.486 e. The Hall–Kier alpha value is -3.76. The van der Waals surface area contributed by atoms with Crippen molar-refractivity contribution in [3.8, 4) is 11.5 Å². The van der Waals surface area contributed by atoms with E-state index in [0.717, 1.165) is 0 Å². The van der Waals surface area contributed by atoms with Crippen LogP contribution in [0.1, 0.15) is 10.5 Å². The molecule has 11 heteroatoms. The number of rotatable bonds is 4. The molecule has 1 aliphatic rings. The van der Waals surface area contributed by atoms with Gasteiger partial charge in [-0.3, -0.25) is 19.6 Å². The average Bonchev–Trinajstić information content (AvgIpc) is 2.62. The molecule has 0 saturated heterocycles. The highest BCUT2D eigenvalue weighted by Crippen LogP contribution is 2.32. The molecule has 0 aliphatic carbocycles. The van der Waals surface area contributed by atoms with E-state index in [2.05, 4.69) is 10.3 Å². The van der Waals surface area contributed by atoms with Gasteiger partial charge in [-0.25, -0.2) is 9.59 Å². The van der Waals surface area contributed by atoms with Crippen molar-refractivity contribution in [2.45, 2.75) is 0 Å². The number of nitrogen functional groups attached to an aromatic ring is 1. The van der Waals surface area contributed by atoms with E-state index in [1.54, 1.807) is 18.2 Å². The fraction of sp³-hybridized carbons (Fsp3) is 0.200. The minimum atomic E-state index is -1.11. The molecule has 1 aliphatic heterocycles. The molecule has 2 heterocycles. The first-order chi connectivity index (χ1) is 12.4. The topological polar surface area (TPSA) is 166 Å². The van der Waals surface area contributed by atoms with E-state index in [1.807, 2.05) is 4.98 Å². The van der Waals surface area contributed by atoms with Gasteiger partial charge in [0.1, 0.15) is 18.9 Å². The molecule has 1 aromatic heterocycles. The Morgan fingerprint density at radius 3 is 2.65 bits per heavy atom. The van der Waals surface area contributed by atoms with E-state index in [-0.39, 0.29) is 0 Å². The number of aromatic nitrogens is 2. The zero-order chi connectivity index (χ0) is 18.7. The number of nitrogens with one attached hydrogen (secondary N) is 3. The number of hydrogen-bond donors (Lipinski definition) is 4. The third kappa shape index (κ3) is 3.66. The van der Waals surface area contributed by atoms with Gasteiger partial charge in [-0.1, -0.05) is 0 Å². The van der Waals surface area contributed by atoms with Crippen molar-refractivity contribution in [3.63, 3.8) is 0 Å². The van der Waals surface area contributed by atoms with Crippen LogP contribution in [-0.2, 0) is 9.53 Å². The molecule has 0 unspecified atom stereocenters. The van der Waals surface area contributed by atoms with Gasteiger partial charge in [-0.15, -0.1) is 0 Å². The van der Waals surface area contributed by atoms with Crippen LogP contribution in [0.25, 0.3) is 0 Å². The number of aromatic amines is 2. The minimum absolute atomic E-state index is 0.401. The standard InChI is InChI=1S/C15H14N4O7/c16-11-12(18-15(23)19-13(11)21)14(22)26-6-10(20)17-7-1-2-8-9(5-7)25-4-3-24-8/h1-2,5H,3-4,6,16H2,(H,17,20)(H2,18,19,21,23). The van der Waals surface area contributed by atoms with Crippen molar-refractivity contribution in [2.24, 2.45) is 0 Å². The van der Waals surface area contributed by atoms with E-state index in [4.69, 9.17) is 19.9 Å². The van der Waals surface area contributed by atoms with Crippen LogP contribution >= 0.6 is 0 Å². The Morgan fingerprint density at radius 1 is 1.15 bits per heavy atom. The fourth-order valence-electron chi connectivity index (χ4n) is 2.18. The number of esters is 1. The van der Waals surface area contributed by atoms with Crippen LogP contribution in [-0.4, -0.2) is 41.7 Å². The maximum atomic E-state index is 11.9. The van der Waals surface area contributed by atoms with Gasteiger partial charge in [0.2, 0.25) is 0 Å². The van der Waals surface area contributed by atoms with Gasteiger partial charge in [0.25, 0.3) is 11.5 Å². The van der Waals surface area contributed by atoms with Crippen LogP contribution in [0.4, 0.5) is 11.4 Å². The Morgan fingerprint density at radius 2 is 1.88 bits per heavy atom. The van der Waals surface area contributed by atoms with Crippen molar-refractivity contribution in [2.75, 3.05) is 30.9 Å². The predicted molar refractivity (Wildman–Crippen MR) is 88.4 cm³/mol. The van der Waals surface area contributed by atoms with E-state index in [0.29, 0.717) is 30.4 Å². The highest BCUT2D eigenvalue weighted by atomic mass is 16.6. The molecule has 0 fully saturated rings. The predicted octanol–water partition coefficient (Wildman–Crippen LogP) is -0.788. The summed E-state index contributed by atoms with van der Waals surface area (Å²) in [5, 5.41) is 2.51. The zero-order valence-electron chi connectivity index (χ0n) is 13.3. The summed E-state index contributed by atoms with van der Waals surface area (Å²) in [5.74, 6) is -0.696. The van der Waals surface area contributed by atoms with Gasteiger partial charge in [0.15, 0.2) is 23.8 Å². The second kappa shape index (κ2) is 7.01. The van der Waals surface area contributed by atoms with Crippen LogP contribution in [0.2, 0.25) is 0 Å². The van der Waals surface area contributed by atoms with E-state index >= 15 is 0 Å². The number of ether oxygens (including phenoxy) is 3. The lowest BCUT2D eigenvalue weighted by atomic mass is 10.2. The lowest BCUT2D eigenvalue weighted by Crippen LogP contribution is -2.30. The Bertz CT molecular complexity index is 979. The first-order valence-corrected chi connectivity index (χ1v) is 7.43. The first-order valence-electron chi connectivity index (χ1n) is 7.43. The summed E-state index contributed by atoms with van der Waals surface area (Å²) >= 11 is 0. The summed E-state index contributed by atoms with van der Waals surface area (Å²) in [6.07, 6.45) is 0. The van der Waals surface area contributed by atoms with Crippen molar-refractivity contribution < 1.29 is 23.8 Å². The summed E-state index contributed by atoms with van der Waals surface area (Å²) in [7, 11) is 0. The average molecular weight is 362 g/mol. The molecular weight excluding hydrogens is 348 g/mol. The lowest BCUT2D eigenvalue weighted by molar-refractivity contribution is -0.119. The van der Waals surface area contributed by atoms with E-state index in [9.17, 15) is 19.2 Å². The van der Waals surface area contributed by atoms with Crippen LogP contribution in [0.3, 0.4) is 0 Å². The number of hydrogen-bond acceptors (Lipinski definition) is 8. The summed E-state index contributed by atoms with van der Waals surface area (Å²) in [6, 6.07) is 4.80. The molecule has 0 spiro atoms. The molecule has 136 valence electrons. The van der Waals surface area contributed by atoms with Gasteiger partial charge < -0.3 is 25.3 Å².